The fourth-order valence-corrected chi connectivity index (χ4v) is 3.58. The molecule has 0 saturated carbocycles. The van der Waals surface area contributed by atoms with Gasteiger partial charge < -0.3 is 19.5 Å². The van der Waals surface area contributed by atoms with Crippen LogP contribution >= 0.6 is 12.6 Å². The summed E-state index contributed by atoms with van der Waals surface area (Å²) in [6.45, 7) is 1.93. The monoisotopic (exact) mass is 413 g/mol. The van der Waals surface area contributed by atoms with Crippen LogP contribution in [0.5, 0.6) is 5.75 Å². The molecule has 1 N–H and O–H groups in total. The van der Waals surface area contributed by atoms with Crippen LogP contribution in [0.4, 0.5) is 4.79 Å². The van der Waals surface area contributed by atoms with Gasteiger partial charge in [-0.05, 0) is 36.5 Å². The maximum absolute atomic E-state index is 12.5. The van der Waals surface area contributed by atoms with Crippen LogP contribution in [0.1, 0.15) is 29.5 Å². The van der Waals surface area contributed by atoms with Gasteiger partial charge in [0.1, 0.15) is 24.5 Å². The number of ether oxygens (including phenoxy) is 1. The largest absolute Gasteiger partial charge is 0.415 e. The molecule has 152 valence electrons. The normalized spacial score (nSPS) is 15.8. The van der Waals surface area contributed by atoms with Crippen LogP contribution < -0.4 is 9.57 Å². The lowest BCUT2D eigenvalue weighted by atomic mass is 9.98. The molecular formula is C20H23N5O3S. The van der Waals surface area contributed by atoms with Gasteiger partial charge in [-0.2, -0.15) is 17.4 Å². The summed E-state index contributed by atoms with van der Waals surface area (Å²) in [7, 11) is 0. The second-order valence-electron chi connectivity index (χ2n) is 6.96. The highest BCUT2D eigenvalue weighted by atomic mass is 32.1. The number of piperidine rings is 1. The topological polar surface area (TPSA) is 85.3 Å². The number of hydrogen-bond donors (Lipinski definition) is 2. The molecule has 29 heavy (non-hydrogen) atoms. The lowest BCUT2D eigenvalue weighted by Crippen LogP contribution is -2.41. The Kier molecular flexibility index (Phi) is 6.04. The number of benzene rings is 1. The van der Waals surface area contributed by atoms with Gasteiger partial charge in [0, 0.05) is 31.7 Å². The SMILES string of the molecule is O=C(Oc1ccc(C(S)c2ncc[nH]2)cc1)N1CCC(COn2ccnc2)CC1. The number of imidazole rings is 2. The molecule has 1 unspecified atom stereocenters. The third-order valence-corrected chi connectivity index (χ3v) is 5.53. The fraction of sp³-hybridized carbons (Fsp3) is 0.350. The quantitative estimate of drug-likeness (QED) is 0.607. The van der Waals surface area contributed by atoms with E-state index in [-0.39, 0.29) is 11.3 Å². The Bertz CT molecular complexity index is 891. The Morgan fingerprint density at radius 2 is 2.03 bits per heavy atom. The summed E-state index contributed by atoms with van der Waals surface area (Å²) in [5.74, 6) is 1.71. The van der Waals surface area contributed by atoms with E-state index in [0.29, 0.717) is 31.4 Å². The minimum absolute atomic E-state index is 0.154. The molecule has 1 aliphatic heterocycles. The number of carbonyl (C=O) groups is 1. The Morgan fingerprint density at radius 1 is 1.24 bits per heavy atom. The van der Waals surface area contributed by atoms with E-state index in [4.69, 9.17) is 9.57 Å². The molecule has 3 aromatic rings. The van der Waals surface area contributed by atoms with E-state index >= 15 is 0 Å². The third kappa shape index (κ3) is 4.92. The Balaban J connectivity index is 1.24. The number of hydrogen-bond acceptors (Lipinski definition) is 6. The molecule has 8 nitrogen and oxygen atoms in total. The Hall–Kier alpha value is -2.94. The average Bonchev–Trinajstić information content (AvgIpc) is 3.47. The van der Waals surface area contributed by atoms with Crippen LogP contribution in [-0.4, -0.2) is 50.4 Å². The van der Waals surface area contributed by atoms with Gasteiger partial charge in [-0.3, -0.25) is 0 Å². The van der Waals surface area contributed by atoms with Crippen LogP contribution in [0.3, 0.4) is 0 Å². The summed E-state index contributed by atoms with van der Waals surface area (Å²) in [5, 5.41) is -0.154. The fourth-order valence-electron chi connectivity index (χ4n) is 3.27. The second kappa shape index (κ2) is 9.04. The van der Waals surface area contributed by atoms with Crippen molar-refractivity contribution in [1.29, 1.82) is 0 Å². The zero-order valence-corrected chi connectivity index (χ0v) is 16.7. The van der Waals surface area contributed by atoms with Crippen LogP contribution in [0.15, 0.2) is 55.4 Å². The molecule has 3 heterocycles. The number of likely N-dealkylation sites (tertiary alicyclic amines) is 1. The van der Waals surface area contributed by atoms with Crippen molar-refractivity contribution < 1.29 is 14.4 Å². The first kappa shape index (κ1) is 19.4. The number of carbonyl (C=O) groups excluding carboxylic acids is 1. The van der Waals surface area contributed by atoms with Gasteiger partial charge in [0.2, 0.25) is 0 Å². The van der Waals surface area contributed by atoms with Gasteiger partial charge in [0.25, 0.3) is 0 Å². The summed E-state index contributed by atoms with van der Waals surface area (Å²) in [4.78, 5) is 31.1. The lowest BCUT2D eigenvalue weighted by Gasteiger charge is -2.30. The average molecular weight is 414 g/mol. The Morgan fingerprint density at radius 3 is 2.69 bits per heavy atom. The number of aromatic amines is 1. The maximum Gasteiger partial charge on any atom is 0.415 e. The molecule has 1 atom stereocenters. The van der Waals surface area contributed by atoms with Crippen molar-refractivity contribution in [2.75, 3.05) is 19.7 Å². The number of nitrogens with zero attached hydrogens (tertiary/aromatic N) is 4. The first-order valence-corrected chi connectivity index (χ1v) is 10.1. The number of thiol groups is 1. The first-order valence-electron chi connectivity index (χ1n) is 9.54. The van der Waals surface area contributed by atoms with Crippen molar-refractivity contribution in [3.05, 3.63) is 66.8 Å². The first-order chi connectivity index (χ1) is 14.2. The summed E-state index contributed by atoms with van der Waals surface area (Å²) >= 11 is 4.58. The van der Waals surface area contributed by atoms with Gasteiger partial charge >= 0.3 is 6.09 Å². The zero-order chi connectivity index (χ0) is 20.1. The molecule has 1 amide bonds. The number of nitrogens with one attached hydrogen (secondary N) is 1. The lowest BCUT2D eigenvalue weighted by molar-refractivity contribution is 0.0541. The molecular weight excluding hydrogens is 390 g/mol. The van der Waals surface area contributed by atoms with Gasteiger partial charge in [-0.25, -0.2) is 14.8 Å². The van der Waals surface area contributed by atoms with E-state index in [1.807, 2.05) is 12.1 Å². The predicted molar refractivity (Wildman–Crippen MR) is 110 cm³/mol. The minimum Gasteiger partial charge on any atom is -0.413 e. The molecule has 0 spiro atoms. The van der Waals surface area contributed by atoms with Crippen molar-refractivity contribution >= 4 is 18.7 Å². The molecule has 2 aromatic heterocycles. The van der Waals surface area contributed by atoms with Crippen LogP contribution in [0, 0.1) is 5.92 Å². The zero-order valence-electron chi connectivity index (χ0n) is 15.8. The molecule has 1 aromatic carbocycles. The van der Waals surface area contributed by atoms with E-state index < -0.39 is 0 Å². The maximum atomic E-state index is 12.5. The standard InChI is InChI=1S/C20H23N5O3S/c26-20(24-10-5-15(6-11-24)13-27-25-12-9-21-14-25)28-17-3-1-16(2-4-17)18(29)19-22-7-8-23-19/h1-4,7-9,12,14-15,18,29H,5-6,10-11,13H2,(H,22,23). The molecule has 0 bridgehead atoms. The van der Waals surface area contributed by atoms with Crippen molar-refractivity contribution in [2.45, 2.75) is 18.1 Å². The molecule has 1 aliphatic rings. The summed E-state index contributed by atoms with van der Waals surface area (Å²) in [6.07, 6.45) is 9.98. The van der Waals surface area contributed by atoms with E-state index in [2.05, 4.69) is 27.6 Å². The highest BCUT2D eigenvalue weighted by Crippen LogP contribution is 2.27. The predicted octanol–water partition coefficient (Wildman–Crippen LogP) is 2.97. The van der Waals surface area contributed by atoms with E-state index in [9.17, 15) is 4.79 Å². The second-order valence-corrected chi connectivity index (χ2v) is 7.48. The summed E-state index contributed by atoms with van der Waals surface area (Å²) < 4.78 is 7.13. The van der Waals surface area contributed by atoms with Crippen molar-refractivity contribution in [3.63, 3.8) is 0 Å². The van der Waals surface area contributed by atoms with Gasteiger partial charge in [0.15, 0.2) is 0 Å². The number of H-pyrrole nitrogens is 1. The minimum atomic E-state index is -0.319. The number of aromatic nitrogens is 4. The highest BCUT2D eigenvalue weighted by Gasteiger charge is 2.25. The third-order valence-electron chi connectivity index (χ3n) is 4.99. The number of rotatable bonds is 6. The molecule has 1 fully saturated rings. The summed E-state index contributed by atoms with van der Waals surface area (Å²) in [5.41, 5.74) is 0.974. The highest BCUT2D eigenvalue weighted by molar-refractivity contribution is 7.80. The van der Waals surface area contributed by atoms with Gasteiger partial charge in [0.05, 0.1) is 11.4 Å². The molecule has 0 aliphatic carbocycles. The molecule has 0 radical (unpaired) electrons. The van der Waals surface area contributed by atoms with E-state index in [1.165, 1.54) is 0 Å². The van der Waals surface area contributed by atoms with Gasteiger partial charge in [-0.1, -0.05) is 12.1 Å². The van der Waals surface area contributed by atoms with Crippen LogP contribution in [0.25, 0.3) is 0 Å². The Labute approximate surface area is 174 Å². The van der Waals surface area contributed by atoms with Crippen LogP contribution in [0.2, 0.25) is 0 Å². The van der Waals surface area contributed by atoms with Crippen LogP contribution in [-0.2, 0) is 0 Å². The van der Waals surface area contributed by atoms with E-state index in [0.717, 1.165) is 24.2 Å². The van der Waals surface area contributed by atoms with Gasteiger partial charge in [-0.15, -0.1) is 0 Å². The van der Waals surface area contributed by atoms with Crippen molar-refractivity contribution in [1.82, 2.24) is 24.6 Å². The number of amides is 1. The van der Waals surface area contributed by atoms with Crippen molar-refractivity contribution in [3.8, 4) is 5.75 Å². The smallest absolute Gasteiger partial charge is 0.413 e. The molecule has 4 rings (SSSR count). The molecule has 1 saturated heterocycles. The van der Waals surface area contributed by atoms with E-state index in [1.54, 1.807) is 52.9 Å². The van der Waals surface area contributed by atoms with Crippen molar-refractivity contribution in [2.24, 2.45) is 5.92 Å². The summed E-state index contributed by atoms with van der Waals surface area (Å²) in [6, 6.07) is 7.35. The molecule has 9 heteroatoms.